The lowest BCUT2D eigenvalue weighted by Gasteiger charge is -2.23. The highest BCUT2D eigenvalue weighted by atomic mass is 35.5. The number of hydrogen-bond acceptors (Lipinski definition) is 4. The van der Waals surface area contributed by atoms with Crippen LogP contribution in [-0.4, -0.2) is 49.6 Å². The van der Waals surface area contributed by atoms with Gasteiger partial charge in [0.2, 0.25) is 5.91 Å². The lowest BCUT2D eigenvalue weighted by atomic mass is 10.1. The van der Waals surface area contributed by atoms with E-state index in [1.165, 1.54) is 12.8 Å². The Balaban J connectivity index is 1.55. The molecule has 0 aliphatic carbocycles. The first-order valence-electron chi connectivity index (χ1n) is 7.76. The van der Waals surface area contributed by atoms with Crippen molar-refractivity contribution < 1.29 is 9.53 Å². The van der Waals surface area contributed by atoms with Crippen LogP contribution >= 0.6 is 11.6 Å². The summed E-state index contributed by atoms with van der Waals surface area (Å²) in [5.74, 6) is 0.605. The molecule has 2 fully saturated rings. The third-order valence-electron chi connectivity index (χ3n) is 4.41. The van der Waals surface area contributed by atoms with Gasteiger partial charge < -0.3 is 15.4 Å². The van der Waals surface area contributed by atoms with Gasteiger partial charge in [-0.25, -0.2) is 0 Å². The van der Waals surface area contributed by atoms with Crippen molar-refractivity contribution in [3.05, 3.63) is 23.2 Å². The van der Waals surface area contributed by atoms with Crippen molar-refractivity contribution in [2.75, 3.05) is 32.1 Å². The van der Waals surface area contributed by atoms with Crippen LogP contribution in [0.3, 0.4) is 0 Å². The zero-order chi connectivity index (χ0) is 15.5. The highest BCUT2D eigenvalue weighted by Crippen LogP contribution is 2.27. The van der Waals surface area contributed by atoms with Crippen LogP contribution in [0, 0.1) is 0 Å². The maximum Gasteiger partial charge on any atom is 0.238 e. The van der Waals surface area contributed by atoms with E-state index in [2.05, 4.69) is 15.5 Å². The molecule has 2 aliphatic heterocycles. The summed E-state index contributed by atoms with van der Waals surface area (Å²) in [6, 6.07) is 6.44. The minimum atomic E-state index is -0.000919. The molecule has 5 nitrogen and oxygen atoms in total. The van der Waals surface area contributed by atoms with Gasteiger partial charge in [-0.05, 0) is 37.5 Å². The Morgan fingerprint density at radius 2 is 2.23 bits per heavy atom. The van der Waals surface area contributed by atoms with Crippen LogP contribution in [0.1, 0.15) is 19.3 Å². The molecular formula is C16H22ClN3O2. The van der Waals surface area contributed by atoms with E-state index in [4.69, 9.17) is 16.3 Å². The molecule has 2 N–H and O–H groups in total. The van der Waals surface area contributed by atoms with E-state index in [9.17, 15) is 4.79 Å². The van der Waals surface area contributed by atoms with Gasteiger partial charge in [-0.2, -0.15) is 0 Å². The summed E-state index contributed by atoms with van der Waals surface area (Å²) in [6.45, 7) is 2.35. The maximum absolute atomic E-state index is 12.2. The van der Waals surface area contributed by atoms with E-state index in [0.29, 0.717) is 35.1 Å². The van der Waals surface area contributed by atoms with Crippen molar-refractivity contribution in [1.82, 2.24) is 10.2 Å². The number of ether oxygens (including phenoxy) is 1. The number of nitrogens with one attached hydrogen (secondary N) is 2. The summed E-state index contributed by atoms with van der Waals surface area (Å²) in [7, 11) is 1.57. The summed E-state index contributed by atoms with van der Waals surface area (Å²) >= 11 is 6.07. The van der Waals surface area contributed by atoms with Crippen molar-refractivity contribution in [3.63, 3.8) is 0 Å². The number of nitrogens with zero attached hydrogens (tertiary/aromatic N) is 1. The van der Waals surface area contributed by atoms with Gasteiger partial charge in [0.1, 0.15) is 5.75 Å². The van der Waals surface area contributed by atoms with Gasteiger partial charge in [0.25, 0.3) is 0 Å². The molecule has 2 bridgehead atoms. The smallest absolute Gasteiger partial charge is 0.238 e. The summed E-state index contributed by atoms with van der Waals surface area (Å²) in [5.41, 5.74) is 0.699. The van der Waals surface area contributed by atoms with Gasteiger partial charge in [0.05, 0.1) is 18.7 Å². The molecule has 22 heavy (non-hydrogen) atoms. The van der Waals surface area contributed by atoms with Crippen molar-refractivity contribution in [3.8, 4) is 5.75 Å². The van der Waals surface area contributed by atoms with Crippen LogP contribution in [0.4, 0.5) is 5.69 Å². The van der Waals surface area contributed by atoms with Gasteiger partial charge in [-0.15, -0.1) is 0 Å². The van der Waals surface area contributed by atoms with Gasteiger partial charge >= 0.3 is 0 Å². The number of amides is 1. The fraction of sp³-hybridized carbons (Fsp3) is 0.562. The highest BCUT2D eigenvalue weighted by Gasteiger charge is 2.29. The van der Waals surface area contributed by atoms with Crippen LogP contribution in [0.15, 0.2) is 18.2 Å². The summed E-state index contributed by atoms with van der Waals surface area (Å²) in [5, 5.41) is 7.02. The van der Waals surface area contributed by atoms with E-state index in [1.807, 2.05) is 0 Å². The standard InChI is InChI=1S/C16H22ClN3O2/c1-22-15-5-4-12(8-14(15)17)19-16(21)10-20-7-6-11-2-3-13(9-20)18-11/h4-5,8,11,13,18H,2-3,6-7,9-10H2,1H3,(H,19,21). The second kappa shape index (κ2) is 6.86. The lowest BCUT2D eigenvalue weighted by Crippen LogP contribution is -2.39. The average molecular weight is 324 g/mol. The molecule has 1 aromatic carbocycles. The summed E-state index contributed by atoms with van der Waals surface area (Å²) in [4.78, 5) is 14.5. The van der Waals surface area contributed by atoms with E-state index < -0.39 is 0 Å². The lowest BCUT2D eigenvalue weighted by molar-refractivity contribution is -0.117. The molecule has 1 amide bonds. The third-order valence-corrected chi connectivity index (χ3v) is 4.71. The fourth-order valence-electron chi connectivity index (χ4n) is 3.31. The molecule has 2 atom stereocenters. The molecule has 3 rings (SSSR count). The van der Waals surface area contributed by atoms with Crippen molar-refractivity contribution >= 4 is 23.2 Å². The Hall–Kier alpha value is -1.30. The average Bonchev–Trinajstić information content (AvgIpc) is 2.82. The quantitative estimate of drug-likeness (QED) is 0.891. The molecule has 0 aromatic heterocycles. The summed E-state index contributed by atoms with van der Waals surface area (Å²) in [6.07, 6.45) is 3.62. The molecule has 2 unspecified atom stereocenters. The third kappa shape index (κ3) is 3.72. The minimum absolute atomic E-state index is 0.000919. The molecule has 2 saturated heterocycles. The zero-order valence-corrected chi connectivity index (χ0v) is 13.5. The Kier molecular flexibility index (Phi) is 4.86. The number of benzene rings is 1. The first kappa shape index (κ1) is 15.6. The monoisotopic (exact) mass is 323 g/mol. The second-order valence-electron chi connectivity index (χ2n) is 6.06. The van der Waals surface area contributed by atoms with Crippen molar-refractivity contribution in [2.45, 2.75) is 31.3 Å². The summed E-state index contributed by atoms with van der Waals surface area (Å²) < 4.78 is 5.11. The van der Waals surface area contributed by atoms with Gasteiger partial charge in [0, 0.05) is 30.9 Å². The topological polar surface area (TPSA) is 53.6 Å². The minimum Gasteiger partial charge on any atom is -0.495 e. The number of likely N-dealkylation sites (tertiary alicyclic amines) is 1. The second-order valence-corrected chi connectivity index (χ2v) is 6.47. The van der Waals surface area contributed by atoms with Crippen molar-refractivity contribution in [1.29, 1.82) is 0 Å². The molecule has 2 aliphatic rings. The van der Waals surface area contributed by atoms with Gasteiger partial charge in [0.15, 0.2) is 0 Å². The number of hydrogen-bond donors (Lipinski definition) is 2. The molecule has 0 saturated carbocycles. The number of carbonyl (C=O) groups excluding carboxylic acids is 1. The number of fused-ring (bicyclic) bond motifs is 2. The Labute approximate surface area is 136 Å². The van der Waals surface area contributed by atoms with E-state index in [0.717, 1.165) is 19.5 Å². The predicted molar refractivity (Wildman–Crippen MR) is 87.6 cm³/mol. The molecule has 2 heterocycles. The van der Waals surface area contributed by atoms with Crippen LogP contribution in [0.5, 0.6) is 5.75 Å². The molecule has 0 radical (unpaired) electrons. The van der Waals surface area contributed by atoms with E-state index in [1.54, 1.807) is 25.3 Å². The normalized spacial score (nSPS) is 24.8. The zero-order valence-electron chi connectivity index (χ0n) is 12.8. The van der Waals surface area contributed by atoms with Gasteiger partial charge in [-0.1, -0.05) is 11.6 Å². The van der Waals surface area contributed by atoms with E-state index in [-0.39, 0.29) is 5.91 Å². The van der Waals surface area contributed by atoms with Gasteiger partial charge in [-0.3, -0.25) is 9.69 Å². The van der Waals surface area contributed by atoms with Crippen LogP contribution in [-0.2, 0) is 4.79 Å². The van der Waals surface area contributed by atoms with Crippen LogP contribution in [0.25, 0.3) is 0 Å². The first-order valence-corrected chi connectivity index (χ1v) is 8.13. The number of methoxy groups -OCH3 is 1. The number of carbonyl (C=O) groups is 1. The molecule has 1 aromatic rings. The molecule has 120 valence electrons. The van der Waals surface area contributed by atoms with E-state index >= 15 is 0 Å². The van der Waals surface area contributed by atoms with Crippen molar-refractivity contribution in [2.24, 2.45) is 0 Å². The fourth-order valence-corrected chi connectivity index (χ4v) is 3.56. The molecular weight excluding hydrogens is 302 g/mol. The molecule has 0 spiro atoms. The Bertz CT molecular complexity index is 552. The maximum atomic E-state index is 12.2. The SMILES string of the molecule is COc1ccc(NC(=O)CN2CCC3CCC(C2)N3)cc1Cl. The largest absolute Gasteiger partial charge is 0.495 e. The number of rotatable bonds is 4. The number of halogens is 1. The highest BCUT2D eigenvalue weighted by molar-refractivity contribution is 6.32. The predicted octanol–water partition coefficient (Wildman–Crippen LogP) is 2.11. The molecule has 6 heteroatoms. The first-order chi connectivity index (χ1) is 10.6. The Morgan fingerprint density at radius 1 is 1.41 bits per heavy atom. The van der Waals surface area contributed by atoms with Crippen LogP contribution < -0.4 is 15.4 Å². The Morgan fingerprint density at radius 3 is 3.00 bits per heavy atom. The van der Waals surface area contributed by atoms with Crippen LogP contribution in [0.2, 0.25) is 5.02 Å². The number of anilines is 1.